The molecule has 82 valence electrons. The van der Waals surface area contributed by atoms with E-state index in [-0.39, 0.29) is 6.61 Å². The van der Waals surface area contributed by atoms with Gasteiger partial charge in [-0.3, -0.25) is 0 Å². The third-order valence-corrected chi connectivity index (χ3v) is 2.88. The van der Waals surface area contributed by atoms with E-state index in [1.807, 2.05) is 11.4 Å². The van der Waals surface area contributed by atoms with Crippen LogP contribution in [0, 0.1) is 11.8 Å². The minimum Gasteiger partial charge on any atom is -0.395 e. The van der Waals surface area contributed by atoms with Gasteiger partial charge in [0.2, 0.25) is 0 Å². The van der Waals surface area contributed by atoms with E-state index in [0.29, 0.717) is 13.0 Å². The second-order valence-corrected chi connectivity index (χ2v) is 4.13. The van der Waals surface area contributed by atoms with Gasteiger partial charge in [0, 0.05) is 16.9 Å². The van der Waals surface area contributed by atoms with Crippen molar-refractivity contribution in [1.82, 2.24) is 14.8 Å². The summed E-state index contributed by atoms with van der Waals surface area (Å²) in [5.74, 6) is 5.96. The number of thiophene rings is 1. The molecule has 2 aromatic heterocycles. The molecule has 16 heavy (non-hydrogen) atoms. The number of hydrogen-bond acceptors (Lipinski definition) is 4. The Kier molecular flexibility index (Phi) is 3.70. The Hall–Kier alpha value is -1.64. The molecule has 0 saturated carbocycles. The fraction of sp³-hybridized carbons (Fsp3) is 0.273. The Balaban J connectivity index is 2.11. The van der Waals surface area contributed by atoms with Gasteiger partial charge in [0.05, 0.1) is 13.2 Å². The molecule has 0 aliphatic rings. The van der Waals surface area contributed by atoms with E-state index in [1.165, 1.54) is 6.33 Å². The molecule has 2 heterocycles. The molecule has 0 saturated heterocycles. The number of hydrogen-bond donors (Lipinski definition) is 1. The van der Waals surface area contributed by atoms with E-state index < -0.39 is 0 Å². The van der Waals surface area contributed by atoms with Gasteiger partial charge in [-0.05, 0) is 11.4 Å². The summed E-state index contributed by atoms with van der Waals surface area (Å²) >= 11 is 1.65. The SMILES string of the molecule is OCCC#Cc1ccsc1Cn1cncn1. The third-order valence-electron chi connectivity index (χ3n) is 1.98. The van der Waals surface area contributed by atoms with Crippen molar-refractivity contribution in [3.8, 4) is 11.8 Å². The Bertz CT molecular complexity index is 493. The van der Waals surface area contributed by atoms with Crippen molar-refractivity contribution in [1.29, 1.82) is 0 Å². The van der Waals surface area contributed by atoms with Crippen molar-refractivity contribution in [2.45, 2.75) is 13.0 Å². The van der Waals surface area contributed by atoms with E-state index in [1.54, 1.807) is 22.3 Å². The zero-order valence-electron chi connectivity index (χ0n) is 8.63. The molecular weight excluding hydrogens is 222 g/mol. The average molecular weight is 233 g/mol. The highest BCUT2D eigenvalue weighted by molar-refractivity contribution is 7.10. The van der Waals surface area contributed by atoms with Crippen molar-refractivity contribution in [3.63, 3.8) is 0 Å². The summed E-state index contributed by atoms with van der Waals surface area (Å²) < 4.78 is 1.77. The quantitative estimate of drug-likeness (QED) is 0.808. The lowest BCUT2D eigenvalue weighted by Gasteiger charge is -1.97. The molecule has 0 spiro atoms. The molecule has 0 bridgehead atoms. The molecule has 2 rings (SSSR count). The van der Waals surface area contributed by atoms with Crippen LogP contribution in [-0.2, 0) is 6.54 Å². The fourth-order valence-corrected chi connectivity index (χ4v) is 2.07. The lowest BCUT2D eigenvalue weighted by atomic mass is 10.2. The summed E-state index contributed by atoms with van der Waals surface area (Å²) in [7, 11) is 0. The van der Waals surface area contributed by atoms with Gasteiger partial charge in [0.15, 0.2) is 0 Å². The van der Waals surface area contributed by atoms with Gasteiger partial charge in [0.1, 0.15) is 12.7 Å². The van der Waals surface area contributed by atoms with Crippen molar-refractivity contribution >= 4 is 11.3 Å². The molecule has 0 unspecified atom stereocenters. The maximum atomic E-state index is 8.65. The van der Waals surface area contributed by atoms with Crippen LogP contribution in [0.25, 0.3) is 0 Å². The Labute approximate surface area is 97.6 Å². The highest BCUT2D eigenvalue weighted by atomic mass is 32.1. The lowest BCUT2D eigenvalue weighted by Crippen LogP contribution is -1.99. The van der Waals surface area contributed by atoms with Gasteiger partial charge in [-0.15, -0.1) is 11.3 Å². The van der Waals surface area contributed by atoms with Crippen LogP contribution in [-0.4, -0.2) is 26.5 Å². The van der Waals surface area contributed by atoms with Gasteiger partial charge in [-0.25, -0.2) is 9.67 Å². The number of aliphatic hydroxyl groups excluding tert-OH is 1. The van der Waals surface area contributed by atoms with Crippen LogP contribution >= 0.6 is 11.3 Å². The number of aromatic nitrogens is 3. The van der Waals surface area contributed by atoms with Gasteiger partial charge >= 0.3 is 0 Å². The summed E-state index contributed by atoms with van der Waals surface area (Å²) in [6.07, 6.45) is 3.72. The summed E-state index contributed by atoms with van der Waals surface area (Å²) in [6.45, 7) is 0.802. The van der Waals surface area contributed by atoms with Gasteiger partial charge in [-0.1, -0.05) is 11.8 Å². The molecule has 5 heteroatoms. The minimum absolute atomic E-state index is 0.107. The summed E-state index contributed by atoms with van der Waals surface area (Å²) in [5, 5.41) is 14.7. The van der Waals surface area contributed by atoms with Crippen molar-refractivity contribution in [2.24, 2.45) is 0 Å². The zero-order valence-corrected chi connectivity index (χ0v) is 9.44. The van der Waals surface area contributed by atoms with Gasteiger partial charge in [0.25, 0.3) is 0 Å². The first-order chi connectivity index (χ1) is 7.90. The predicted octanol–water partition coefficient (Wildman–Crippen LogP) is 1.12. The molecule has 0 atom stereocenters. The van der Waals surface area contributed by atoms with Crippen LogP contribution in [0.5, 0.6) is 0 Å². The Morgan fingerprint density at radius 1 is 1.50 bits per heavy atom. The molecule has 0 aromatic carbocycles. The van der Waals surface area contributed by atoms with Crippen LogP contribution < -0.4 is 0 Å². The van der Waals surface area contributed by atoms with Crippen LogP contribution in [0.2, 0.25) is 0 Å². The predicted molar refractivity (Wildman–Crippen MR) is 62.0 cm³/mol. The lowest BCUT2D eigenvalue weighted by molar-refractivity contribution is 0.305. The van der Waals surface area contributed by atoms with Crippen LogP contribution in [0.15, 0.2) is 24.1 Å². The molecule has 0 amide bonds. The second kappa shape index (κ2) is 5.45. The van der Waals surface area contributed by atoms with Crippen LogP contribution in [0.3, 0.4) is 0 Å². The smallest absolute Gasteiger partial charge is 0.137 e. The molecule has 0 aliphatic carbocycles. The normalized spacial score (nSPS) is 9.81. The monoisotopic (exact) mass is 233 g/mol. The number of aliphatic hydroxyl groups is 1. The highest BCUT2D eigenvalue weighted by Crippen LogP contribution is 2.16. The molecule has 1 N–H and O–H groups in total. The second-order valence-electron chi connectivity index (χ2n) is 3.13. The first-order valence-electron chi connectivity index (χ1n) is 4.88. The van der Waals surface area contributed by atoms with E-state index in [0.717, 1.165) is 10.4 Å². The Morgan fingerprint density at radius 2 is 2.44 bits per heavy atom. The third kappa shape index (κ3) is 2.69. The zero-order chi connectivity index (χ0) is 11.2. The summed E-state index contributed by atoms with van der Waals surface area (Å²) in [5.41, 5.74) is 1.01. The first kappa shape index (κ1) is 10.9. The fourth-order valence-electron chi connectivity index (χ4n) is 1.25. The summed E-state index contributed by atoms with van der Waals surface area (Å²) in [4.78, 5) is 5.06. The van der Waals surface area contributed by atoms with Crippen LogP contribution in [0.1, 0.15) is 16.9 Å². The Morgan fingerprint density at radius 3 is 3.19 bits per heavy atom. The molecule has 4 nitrogen and oxygen atoms in total. The van der Waals surface area contributed by atoms with Gasteiger partial charge < -0.3 is 5.11 Å². The van der Waals surface area contributed by atoms with Gasteiger partial charge in [-0.2, -0.15) is 5.10 Å². The first-order valence-corrected chi connectivity index (χ1v) is 5.76. The van der Waals surface area contributed by atoms with E-state index in [9.17, 15) is 0 Å². The molecular formula is C11H11N3OS. The standard InChI is InChI=1S/C11H11N3OS/c15-5-2-1-3-10-4-6-16-11(10)7-14-9-12-8-13-14/h4,6,8-9,15H,2,5,7H2. The highest BCUT2D eigenvalue weighted by Gasteiger charge is 2.02. The summed E-state index contributed by atoms with van der Waals surface area (Å²) in [6, 6.07) is 1.99. The molecule has 2 aromatic rings. The van der Waals surface area contributed by atoms with Crippen molar-refractivity contribution in [3.05, 3.63) is 34.5 Å². The van der Waals surface area contributed by atoms with E-state index in [4.69, 9.17) is 5.11 Å². The molecule has 0 radical (unpaired) electrons. The minimum atomic E-state index is 0.107. The largest absolute Gasteiger partial charge is 0.395 e. The van der Waals surface area contributed by atoms with E-state index in [2.05, 4.69) is 21.9 Å². The van der Waals surface area contributed by atoms with Crippen LogP contribution in [0.4, 0.5) is 0 Å². The topological polar surface area (TPSA) is 50.9 Å². The maximum Gasteiger partial charge on any atom is 0.137 e. The van der Waals surface area contributed by atoms with Crippen molar-refractivity contribution in [2.75, 3.05) is 6.61 Å². The number of rotatable bonds is 3. The average Bonchev–Trinajstić information content (AvgIpc) is 2.92. The number of nitrogens with zero attached hydrogens (tertiary/aromatic N) is 3. The van der Waals surface area contributed by atoms with E-state index >= 15 is 0 Å². The molecule has 0 aliphatic heterocycles. The van der Waals surface area contributed by atoms with Crippen molar-refractivity contribution < 1.29 is 5.11 Å². The maximum absolute atomic E-state index is 8.65. The molecule has 0 fully saturated rings.